The molecule has 166 valence electrons. The number of aliphatic imine (C=N–C) groups is 1. The van der Waals surface area contributed by atoms with Crippen LogP contribution in [0.4, 0.5) is 10.5 Å². The number of benzene rings is 1. The maximum Gasteiger partial charge on any atom is 0.407 e. The van der Waals surface area contributed by atoms with E-state index in [2.05, 4.69) is 61.8 Å². The molecule has 0 radical (unpaired) electrons. The van der Waals surface area contributed by atoms with Crippen LogP contribution >= 0.6 is 24.0 Å². The first kappa shape index (κ1) is 24.3. The van der Waals surface area contributed by atoms with Crippen LogP contribution in [0, 0.1) is 0 Å². The van der Waals surface area contributed by atoms with Crippen LogP contribution in [-0.2, 0) is 11.3 Å². The Morgan fingerprint density at radius 3 is 2.67 bits per heavy atom. The predicted octanol–water partition coefficient (Wildman–Crippen LogP) is 3.36. The van der Waals surface area contributed by atoms with Gasteiger partial charge in [-0.15, -0.1) is 24.0 Å². The lowest BCUT2D eigenvalue weighted by Crippen LogP contribution is -2.44. The SMILES string of the molecule is CN=C(NCc1cccc(N2CC=CC2)c1)N1CCC(NC(=O)OC(C)(C)C)C1.I. The van der Waals surface area contributed by atoms with Crippen molar-refractivity contribution in [2.24, 2.45) is 4.99 Å². The Balaban J connectivity index is 0.00000320. The zero-order valence-corrected chi connectivity index (χ0v) is 20.7. The Morgan fingerprint density at radius 2 is 2.00 bits per heavy atom. The first-order valence-electron chi connectivity index (χ1n) is 10.3. The normalized spacial score (nSPS) is 18.9. The minimum atomic E-state index is -0.486. The van der Waals surface area contributed by atoms with Crippen LogP contribution < -0.4 is 15.5 Å². The number of nitrogens with zero attached hydrogens (tertiary/aromatic N) is 3. The lowest BCUT2D eigenvalue weighted by atomic mass is 10.2. The van der Waals surface area contributed by atoms with Gasteiger partial charge in [0.2, 0.25) is 0 Å². The molecule has 2 N–H and O–H groups in total. The number of likely N-dealkylation sites (tertiary alicyclic amines) is 1. The summed E-state index contributed by atoms with van der Waals surface area (Å²) in [5.41, 5.74) is 1.98. The Kier molecular flexibility index (Phi) is 8.81. The lowest BCUT2D eigenvalue weighted by Gasteiger charge is -2.24. The molecule has 1 amide bonds. The molecule has 3 rings (SSSR count). The Labute approximate surface area is 197 Å². The average Bonchev–Trinajstić information content (AvgIpc) is 3.33. The molecule has 30 heavy (non-hydrogen) atoms. The van der Waals surface area contributed by atoms with E-state index >= 15 is 0 Å². The first-order chi connectivity index (χ1) is 13.8. The fourth-order valence-electron chi connectivity index (χ4n) is 3.61. The second-order valence-electron chi connectivity index (χ2n) is 8.52. The Morgan fingerprint density at radius 1 is 1.27 bits per heavy atom. The number of carbonyl (C=O) groups is 1. The summed E-state index contributed by atoms with van der Waals surface area (Å²) in [6.07, 6.45) is 4.90. The van der Waals surface area contributed by atoms with Crippen LogP contribution in [0.25, 0.3) is 0 Å². The number of nitrogens with one attached hydrogen (secondary N) is 2. The summed E-state index contributed by atoms with van der Waals surface area (Å²) >= 11 is 0. The highest BCUT2D eigenvalue weighted by molar-refractivity contribution is 14.0. The maximum atomic E-state index is 12.0. The molecule has 0 bridgehead atoms. The number of hydrogen-bond donors (Lipinski definition) is 2. The van der Waals surface area contributed by atoms with Gasteiger partial charge in [-0.1, -0.05) is 24.3 Å². The first-order valence-corrected chi connectivity index (χ1v) is 10.3. The fraction of sp³-hybridized carbons (Fsp3) is 0.545. The summed E-state index contributed by atoms with van der Waals surface area (Å²) in [4.78, 5) is 20.9. The van der Waals surface area contributed by atoms with Gasteiger partial charge in [0, 0.05) is 45.5 Å². The molecule has 2 aliphatic heterocycles. The van der Waals surface area contributed by atoms with Crippen LogP contribution in [0.5, 0.6) is 0 Å². The van der Waals surface area contributed by atoms with Crippen molar-refractivity contribution in [1.82, 2.24) is 15.5 Å². The van der Waals surface area contributed by atoms with Crippen molar-refractivity contribution in [2.75, 3.05) is 38.1 Å². The van der Waals surface area contributed by atoms with Gasteiger partial charge >= 0.3 is 6.09 Å². The molecule has 1 aromatic rings. The third-order valence-electron chi connectivity index (χ3n) is 4.97. The Bertz CT molecular complexity index is 767. The summed E-state index contributed by atoms with van der Waals surface area (Å²) in [5, 5.41) is 6.42. The van der Waals surface area contributed by atoms with E-state index in [1.807, 2.05) is 20.8 Å². The van der Waals surface area contributed by atoms with Crippen molar-refractivity contribution in [3.63, 3.8) is 0 Å². The number of ether oxygens (including phenoxy) is 1. The quantitative estimate of drug-likeness (QED) is 0.272. The second-order valence-corrected chi connectivity index (χ2v) is 8.52. The molecule has 0 aromatic heterocycles. The third-order valence-corrected chi connectivity index (χ3v) is 4.97. The molecule has 0 spiro atoms. The number of amides is 1. The summed E-state index contributed by atoms with van der Waals surface area (Å²) in [6, 6.07) is 8.67. The van der Waals surface area contributed by atoms with E-state index in [1.165, 1.54) is 11.3 Å². The highest BCUT2D eigenvalue weighted by Gasteiger charge is 2.27. The van der Waals surface area contributed by atoms with Gasteiger partial charge in [0.25, 0.3) is 0 Å². The van der Waals surface area contributed by atoms with Gasteiger partial charge in [-0.3, -0.25) is 4.99 Å². The molecule has 0 aliphatic carbocycles. The van der Waals surface area contributed by atoms with E-state index in [0.29, 0.717) is 6.54 Å². The highest BCUT2D eigenvalue weighted by atomic mass is 127. The van der Waals surface area contributed by atoms with Crippen molar-refractivity contribution in [3.05, 3.63) is 42.0 Å². The van der Waals surface area contributed by atoms with E-state index < -0.39 is 5.60 Å². The van der Waals surface area contributed by atoms with Gasteiger partial charge in [0.05, 0.1) is 6.04 Å². The van der Waals surface area contributed by atoms with Gasteiger partial charge in [-0.25, -0.2) is 4.79 Å². The van der Waals surface area contributed by atoms with Crippen LogP contribution in [0.1, 0.15) is 32.8 Å². The summed E-state index contributed by atoms with van der Waals surface area (Å²) in [6.45, 7) is 9.83. The summed E-state index contributed by atoms with van der Waals surface area (Å²) < 4.78 is 5.36. The van der Waals surface area contributed by atoms with E-state index in [9.17, 15) is 4.79 Å². The maximum absolute atomic E-state index is 12.0. The average molecular weight is 527 g/mol. The highest BCUT2D eigenvalue weighted by Crippen LogP contribution is 2.19. The smallest absolute Gasteiger partial charge is 0.407 e. The summed E-state index contributed by atoms with van der Waals surface area (Å²) in [7, 11) is 1.79. The van der Waals surface area contributed by atoms with E-state index in [0.717, 1.165) is 38.6 Å². The van der Waals surface area contributed by atoms with Crippen molar-refractivity contribution < 1.29 is 9.53 Å². The van der Waals surface area contributed by atoms with Crippen molar-refractivity contribution in [1.29, 1.82) is 0 Å². The molecule has 2 heterocycles. The molecule has 8 heteroatoms. The molecular weight excluding hydrogens is 493 g/mol. The summed E-state index contributed by atoms with van der Waals surface area (Å²) in [5.74, 6) is 0.853. The molecule has 1 aromatic carbocycles. The zero-order valence-electron chi connectivity index (χ0n) is 18.4. The minimum absolute atomic E-state index is 0. The molecule has 1 fully saturated rings. The van der Waals surface area contributed by atoms with Gasteiger partial charge in [0.1, 0.15) is 5.60 Å². The van der Waals surface area contributed by atoms with Gasteiger partial charge in [-0.05, 0) is 44.9 Å². The van der Waals surface area contributed by atoms with Crippen LogP contribution in [0.15, 0.2) is 41.4 Å². The van der Waals surface area contributed by atoms with E-state index in [4.69, 9.17) is 4.74 Å². The van der Waals surface area contributed by atoms with Gasteiger partial charge in [-0.2, -0.15) is 0 Å². The number of alkyl carbamates (subject to hydrolysis) is 1. The molecular formula is C22H34IN5O2. The number of hydrogen-bond acceptors (Lipinski definition) is 4. The Hall–Kier alpha value is -1.97. The number of anilines is 1. The van der Waals surface area contributed by atoms with Crippen LogP contribution in [-0.4, -0.2) is 61.8 Å². The zero-order chi connectivity index (χ0) is 20.9. The molecule has 0 saturated carbocycles. The molecule has 2 aliphatic rings. The minimum Gasteiger partial charge on any atom is -0.444 e. The second kappa shape index (κ2) is 10.9. The van der Waals surface area contributed by atoms with Crippen LogP contribution in [0.3, 0.4) is 0 Å². The number of carbonyl (C=O) groups excluding carboxylic acids is 1. The van der Waals surface area contributed by atoms with Crippen molar-refractivity contribution >= 4 is 41.7 Å². The molecule has 1 saturated heterocycles. The van der Waals surface area contributed by atoms with Crippen molar-refractivity contribution in [3.8, 4) is 0 Å². The molecule has 1 atom stereocenters. The molecule has 1 unspecified atom stereocenters. The number of guanidine groups is 1. The number of rotatable bonds is 4. The topological polar surface area (TPSA) is 69.2 Å². The monoisotopic (exact) mass is 527 g/mol. The molecule has 7 nitrogen and oxygen atoms in total. The standard InChI is InChI=1S/C22H33N5O2.HI/c1-22(2,3)29-21(28)25-18-10-13-27(16-18)20(23-4)24-15-17-8-7-9-19(14-17)26-11-5-6-12-26;/h5-9,14,18H,10-13,15-16H2,1-4H3,(H,23,24)(H,25,28);1H. The van der Waals surface area contributed by atoms with Crippen LogP contribution in [0.2, 0.25) is 0 Å². The van der Waals surface area contributed by atoms with Gasteiger partial charge in [0.15, 0.2) is 5.96 Å². The predicted molar refractivity (Wildman–Crippen MR) is 133 cm³/mol. The van der Waals surface area contributed by atoms with Crippen molar-refractivity contribution in [2.45, 2.75) is 45.4 Å². The third kappa shape index (κ3) is 7.07. The largest absolute Gasteiger partial charge is 0.444 e. The van der Waals surface area contributed by atoms with E-state index in [1.54, 1.807) is 7.05 Å². The fourth-order valence-corrected chi connectivity index (χ4v) is 3.61. The lowest BCUT2D eigenvalue weighted by molar-refractivity contribution is 0.0507. The van der Waals surface area contributed by atoms with E-state index in [-0.39, 0.29) is 36.1 Å². The number of halogens is 1. The van der Waals surface area contributed by atoms with Gasteiger partial charge < -0.3 is 25.2 Å².